The first-order valence-electron chi connectivity index (χ1n) is 12.2. The van der Waals surface area contributed by atoms with Crippen molar-refractivity contribution in [3.05, 3.63) is 70.8 Å². The van der Waals surface area contributed by atoms with Crippen molar-refractivity contribution in [2.45, 2.75) is 18.9 Å². The molecule has 0 unspecified atom stereocenters. The summed E-state index contributed by atoms with van der Waals surface area (Å²) in [6.07, 6.45) is 3.42. The SMILES string of the molecule is CCNC[C@@H](c1cc(O)c(O)c(O)c1)[C@@H](OC(=O)C=Cc1cc(O)c(O)cc1C=Cc1ccc(O)c(O)c1)C(=O)O. The van der Waals surface area contributed by atoms with Crippen LogP contribution in [0.25, 0.3) is 18.2 Å². The maximum atomic E-state index is 12.7. The monoisotopic (exact) mass is 567 g/mol. The molecule has 0 aliphatic rings. The lowest BCUT2D eigenvalue weighted by Gasteiger charge is -2.24. The number of esters is 1. The van der Waals surface area contributed by atoms with E-state index in [4.69, 9.17) is 4.74 Å². The lowest BCUT2D eigenvalue weighted by molar-refractivity contribution is -0.162. The van der Waals surface area contributed by atoms with Crippen molar-refractivity contribution in [1.82, 2.24) is 5.32 Å². The molecule has 0 saturated carbocycles. The zero-order valence-corrected chi connectivity index (χ0v) is 21.7. The quantitative estimate of drug-likeness (QED) is 0.0706. The van der Waals surface area contributed by atoms with Crippen LogP contribution in [0.2, 0.25) is 0 Å². The fourth-order valence-corrected chi connectivity index (χ4v) is 3.89. The van der Waals surface area contributed by atoms with Gasteiger partial charge in [-0.3, -0.25) is 0 Å². The third-order valence-corrected chi connectivity index (χ3v) is 6.02. The molecule has 0 radical (unpaired) electrons. The number of aliphatic carboxylic acids is 1. The summed E-state index contributed by atoms with van der Waals surface area (Å²) in [6, 6.07) is 8.59. The molecule has 12 heteroatoms. The van der Waals surface area contributed by atoms with Gasteiger partial charge in [0.2, 0.25) is 6.10 Å². The molecule has 3 aromatic carbocycles. The van der Waals surface area contributed by atoms with Gasteiger partial charge in [-0.05, 0) is 71.3 Å². The van der Waals surface area contributed by atoms with E-state index < -0.39 is 52.7 Å². The number of hydrogen-bond donors (Lipinski definition) is 9. The topological polar surface area (TPSA) is 217 Å². The summed E-state index contributed by atoms with van der Waals surface area (Å²) in [5.41, 5.74) is 1.14. The number of ether oxygens (including phenoxy) is 1. The number of carbonyl (C=O) groups excluding carboxylic acids is 1. The van der Waals surface area contributed by atoms with Crippen molar-refractivity contribution in [2.75, 3.05) is 13.1 Å². The van der Waals surface area contributed by atoms with Crippen molar-refractivity contribution >= 4 is 30.2 Å². The van der Waals surface area contributed by atoms with Crippen LogP contribution in [0.1, 0.15) is 35.1 Å². The van der Waals surface area contributed by atoms with Gasteiger partial charge in [-0.2, -0.15) is 0 Å². The number of carbonyl (C=O) groups is 2. The summed E-state index contributed by atoms with van der Waals surface area (Å²) >= 11 is 0. The molecule has 3 aromatic rings. The molecule has 0 spiro atoms. The van der Waals surface area contributed by atoms with E-state index in [1.165, 1.54) is 42.5 Å². The number of aromatic hydroxyl groups is 7. The molecule has 0 amide bonds. The number of phenols is 7. The molecule has 0 aromatic heterocycles. The highest BCUT2D eigenvalue weighted by Gasteiger charge is 2.33. The summed E-state index contributed by atoms with van der Waals surface area (Å²) in [5, 5.41) is 81.4. The van der Waals surface area contributed by atoms with Crippen molar-refractivity contribution in [2.24, 2.45) is 0 Å². The Morgan fingerprint density at radius 3 is 1.93 bits per heavy atom. The maximum Gasteiger partial charge on any atom is 0.345 e. The van der Waals surface area contributed by atoms with E-state index in [-0.39, 0.29) is 29.2 Å². The van der Waals surface area contributed by atoms with E-state index in [0.29, 0.717) is 17.7 Å². The first-order chi connectivity index (χ1) is 19.4. The molecule has 0 heterocycles. The molecule has 2 atom stereocenters. The van der Waals surface area contributed by atoms with Crippen molar-refractivity contribution in [3.8, 4) is 40.2 Å². The largest absolute Gasteiger partial charge is 0.504 e. The van der Waals surface area contributed by atoms with E-state index in [9.17, 15) is 50.4 Å². The Morgan fingerprint density at radius 1 is 0.780 bits per heavy atom. The molecule has 0 aliphatic carbocycles. The lowest BCUT2D eigenvalue weighted by atomic mass is 9.92. The number of rotatable bonds is 11. The van der Waals surface area contributed by atoms with Crippen molar-refractivity contribution in [3.63, 3.8) is 0 Å². The molecule has 216 valence electrons. The molecular formula is C29H29NO11. The fraction of sp³-hybridized carbons (Fsp3) is 0.172. The predicted octanol–water partition coefficient (Wildman–Crippen LogP) is 3.20. The van der Waals surface area contributed by atoms with Crippen LogP contribution in [0.5, 0.6) is 40.2 Å². The third-order valence-electron chi connectivity index (χ3n) is 6.02. The van der Waals surface area contributed by atoms with Gasteiger partial charge in [-0.1, -0.05) is 25.1 Å². The van der Waals surface area contributed by atoms with Gasteiger partial charge in [0.05, 0.1) is 0 Å². The molecule has 3 rings (SSSR count). The van der Waals surface area contributed by atoms with Gasteiger partial charge >= 0.3 is 11.9 Å². The molecule has 0 bridgehead atoms. The normalized spacial score (nSPS) is 12.9. The van der Waals surface area contributed by atoms with E-state index >= 15 is 0 Å². The minimum Gasteiger partial charge on any atom is -0.504 e. The van der Waals surface area contributed by atoms with Crippen LogP contribution in [-0.4, -0.2) is 72.0 Å². The second kappa shape index (κ2) is 13.1. The average Bonchev–Trinajstić information content (AvgIpc) is 2.92. The second-order valence-corrected chi connectivity index (χ2v) is 8.90. The smallest absolute Gasteiger partial charge is 0.345 e. The third kappa shape index (κ3) is 7.61. The molecular weight excluding hydrogens is 538 g/mol. The molecule has 0 aliphatic heterocycles. The van der Waals surface area contributed by atoms with Gasteiger partial charge in [0.25, 0.3) is 0 Å². The standard InChI is InChI=1S/C29H29NO11/c1-2-30-14-19(18-12-24(35)27(38)25(36)13-18)28(29(39)40)41-26(37)8-6-17-11-23(34)22(33)10-16(17)5-3-15-4-7-20(31)21(32)9-15/h3-13,19,28,30-36,38H,2,14H2,1H3,(H,39,40)/t19-,28+/m0/s1. The molecule has 12 nitrogen and oxygen atoms in total. The average molecular weight is 568 g/mol. The number of carboxylic acid groups (broad SMARTS) is 1. The van der Waals surface area contributed by atoms with Crippen LogP contribution in [0.4, 0.5) is 0 Å². The van der Waals surface area contributed by atoms with Crippen LogP contribution in [-0.2, 0) is 14.3 Å². The van der Waals surface area contributed by atoms with E-state index in [0.717, 1.165) is 24.3 Å². The fourth-order valence-electron chi connectivity index (χ4n) is 3.89. The van der Waals surface area contributed by atoms with Gasteiger partial charge < -0.3 is 50.9 Å². The highest BCUT2D eigenvalue weighted by atomic mass is 16.6. The van der Waals surface area contributed by atoms with E-state index in [2.05, 4.69) is 5.32 Å². The van der Waals surface area contributed by atoms with E-state index in [1.54, 1.807) is 6.92 Å². The molecule has 0 fully saturated rings. The highest BCUT2D eigenvalue weighted by Crippen LogP contribution is 2.39. The zero-order chi connectivity index (χ0) is 30.3. The van der Waals surface area contributed by atoms with Crippen LogP contribution in [0, 0.1) is 0 Å². The Bertz CT molecular complexity index is 1470. The van der Waals surface area contributed by atoms with Gasteiger partial charge in [0.15, 0.2) is 40.2 Å². The summed E-state index contributed by atoms with van der Waals surface area (Å²) in [4.78, 5) is 24.8. The van der Waals surface area contributed by atoms with Gasteiger partial charge in [0, 0.05) is 18.5 Å². The number of phenolic OH excluding ortho intramolecular Hbond substituents is 7. The van der Waals surface area contributed by atoms with Crippen molar-refractivity contribution < 1.29 is 55.2 Å². The zero-order valence-electron chi connectivity index (χ0n) is 21.7. The lowest BCUT2D eigenvalue weighted by Crippen LogP contribution is -2.38. The molecule has 9 N–H and O–H groups in total. The highest BCUT2D eigenvalue weighted by molar-refractivity contribution is 5.91. The second-order valence-electron chi connectivity index (χ2n) is 8.90. The van der Waals surface area contributed by atoms with Gasteiger partial charge in [-0.25, -0.2) is 9.59 Å². The van der Waals surface area contributed by atoms with Gasteiger partial charge in [-0.15, -0.1) is 0 Å². The summed E-state index contributed by atoms with van der Waals surface area (Å²) in [5.74, 6) is -7.41. The Labute approximate surface area is 234 Å². The van der Waals surface area contributed by atoms with Crippen LogP contribution >= 0.6 is 0 Å². The predicted molar refractivity (Wildman–Crippen MR) is 148 cm³/mol. The number of nitrogens with one attached hydrogen (secondary N) is 1. The van der Waals surface area contributed by atoms with Crippen LogP contribution in [0.3, 0.4) is 0 Å². The van der Waals surface area contributed by atoms with Gasteiger partial charge in [0.1, 0.15) is 0 Å². The maximum absolute atomic E-state index is 12.7. The number of carboxylic acids is 1. The Morgan fingerprint density at radius 2 is 1.37 bits per heavy atom. The molecule has 41 heavy (non-hydrogen) atoms. The Balaban J connectivity index is 1.89. The summed E-state index contributed by atoms with van der Waals surface area (Å²) in [7, 11) is 0. The Hall–Kier alpha value is -5.36. The number of likely N-dealkylation sites (N-methyl/N-ethyl adjacent to an activating group) is 1. The first-order valence-corrected chi connectivity index (χ1v) is 12.2. The molecule has 0 saturated heterocycles. The van der Waals surface area contributed by atoms with Crippen LogP contribution < -0.4 is 5.32 Å². The van der Waals surface area contributed by atoms with E-state index in [1.807, 2.05) is 0 Å². The summed E-state index contributed by atoms with van der Waals surface area (Å²) < 4.78 is 5.23. The van der Waals surface area contributed by atoms with Crippen molar-refractivity contribution in [1.29, 1.82) is 0 Å². The summed E-state index contributed by atoms with van der Waals surface area (Å²) in [6.45, 7) is 2.16. The Kier molecular flexibility index (Phi) is 9.67. The minimum atomic E-state index is -1.77. The number of benzene rings is 3. The minimum absolute atomic E-state index is 0.0261. The van der Waals surface area contributed by atoms with Crippen LogP contribution in [0.15, 0.2) is 48.5 Å². The number of hydrogen-bond acceptors (Lipinski definition) is 11. The first kappa shape index (κ1) is 30.2.